The zero-order valence-electron chi connectivity index (χ0n) is 17.0. The van der Waals surface area contributed by atoms with Crippen LogP contribution >= 0.6 is 0 Å². The molecule has 3 rings (SSSR count). The average Bonchev–Trinajstić information content (AvgIpc) is 3.17. The first kappa shape index (κ1) is 20.3. The predicted molar refractivity (Wildman–Crippen MR) is 108 cm³/mol. The first-order valence-electron chi connectivity index (χ1n) is 10.2. The molecule has 0 saturated carbocycles. The van der Waals surface area contributed by atoms with Gasteiger partial charge in [-0.25, -0.2) is 4.98 Å². The molecule has 0 aliphatic carbocycles. The molecular formula is C21H31N5O2. The highest BCUT2D eigenvalue weighted by Crippen LogP contribution is 2.17. The Morgan fingerprint density at radius 3 is 3.00 bits per heavy atom. The predicted octanol–water partition coefficient (Wildman–Crippen LogP) is 2.95. The van der Waals surface area contributed by atoms with E-state index in [1.165, 1.54) is 0 Å². The largest absolute Gasteiger partial charge is 0.475 e. The van der Waals surface area contributed by atoms with Gasteiger partial charge in [0.15, 0.2) is 0 Å². The van der Waals surface area contributed by atoms with Crippen LogP contribution in [-0.2, 0) is 6.54 Å². The zero-order valence-corrected chi connectivity index (χ0v) is 17.0. The maximum atomic E-state index is 12.4. The van der Waals surface area contributed by atoms with Gasteiger partial charge in [0.25, 0.3) is 5.91 Å². The van der Waals surface area contributed by atoms with Gasteiger partial charge in [0, 0.05) is 31.5 Å². The highest BCUT2D eigenvalue weighted by molar-refractivity contribution is 5.92. The molecule has 0 aromatic carbocycles. The van der Waals surface area contributed by atoms with E-state index in [1.807, 2.05) is 29.9 Å². The summed E-state index contributed by atoms with van der Waals surface area (Å²) >= 11 is 0. The third-order valence-corrected chi connectivity index (χ3v) is 4.86. The summed E-state index contributed by atoms with van der Waals surface area (Å²) in [6.45, 7) is 8.76. The van der Waals surface area contributed by atoms with Crippen molar-refractivity contribution >= 4 is 5.91 Å². The highest BCUT2D eigenvalue weighted by Gasteiger charge is 2.17. The van der Waals surface area contributed by atoms with E-state index >= 15 is 0 Å². The maximum absolute atomic E-state index is 12.4. The maximum Gasteiger partial charge on any atom is 0.272 e. The molecule has 1 fully saturated rings. The molecule has 2 atom stereocenters. The number of hydrogen-bond donors (Lipinski definition) is 2. The lowest BCUT2D eigenvalue weighted by Gasteiger charge is -2.22. The fourth-order valence-electron chi connectivity index (χ4n) is 3.54. The molecule has 7 nitrogen and oxygen atoms in total. The molecule has 7 heteroatoms. The summed E-state index contributed by atoms with van der Waals surface area (Å²) in [5, 5.41) is 10.8. The molecule has 2 N–H and O–H groups in total. The molecule has 1 aliphatic heterocycles. The second kappa shape index (κ2) is 9.68. The van der Waals surface area contributed by atoms with Gasteiger partial charge in [-0.2, -0.15) is 5.10 Å². The summed E-state index contributed by atoms with van der Waals surface area (Å²) in [4.78, 5) is 16.7. The minimum atomic E-state index is -0.171. The fourth-order valence-corrected chi connectivity index (χ4v) is 3.54. The SMILES string of the molecule is CC(C)CC(C)Oc1cc(CNC(=O)c2ccn(C3CCCNC3)n2)ccn1. The van der Waals surface area contributed by atoms with E-state index in [0.717, 1.165) is 37.9 Å². The summed E-state index contributed by atoms with van der Waals surface area (Å²) in [5.74, 6) is 0.991. The summed E-state index contributed by atoms with van der Waals surface area (Å²) in [7, 11) is 0. The minimum absolute atomic E-state index is 0.107. The van der Waals surface area contributed by atoms with E-state index in [-0.39, 0.29) is 12.0 Å². The van der Waals surface area contributed by atoms with Crippen molar-refractivity contribution < 1.29 is 9.53 Å². The lowest BCUT2D eigenvalue weighted by atomic mass is 10.1. The Morgan fingerprint density at radius 1 is 1.39 bits per heavy atom. The number of ether oxygens (including phenoxy) is 1. The minimum Gasteiger partial charge on any atom is -0.475 e. The molecule has 0 radical (unpaired) electrons. The van der Waals surface area contributed by atoms with Crippen LogP contribution in [0.4, 0.5) is 0 Å². The van der Waals surface area contributed by atoms with Crippen molar-refractivity contribution in [3.8, 4) is 5.88 Å². The Bertz CT molecular complexity index is 768. The number of carbonyl (C=O) groups excluding carboxylic acids is 1. The zero-order chi connectivity index (χ0) is 19.9. The molecule has 1 amide bonds. The van der Waals surface area contributed by atoms with Gasteiger partial charge in [-0.05, 0) is 56.3 Å². The molecule has 28 heavy (non-hydrogen) atoms. The fraction of sp³-hybridized carbons (Fsp3) is 0.571. The molecule has 2 unspecified atom stereocenters. The first-order chi connectivity index (χ1) is 13.5. The number of carbonyl (C=O) groups is 1. The van der Waals surface area contributed by atoms with Crippen molar-refractivity contribution in [1.82, 2.24) is 25.4 Å². The molecule has 152 valence electrons. The number of aromatic nitrogens is 3. The van der Waals surface area contributed by atoms with Crippen LogP contribution in [-0.4, -0.2) is 39.9 Å². The van der Waals surface area contributed by atoms with Crippen molar-refractivity contribution in [3.63, 3.8) is 0 Å². The van der Waals surface area contributed by atoms with E-state index in [1.54, 1.807) is 12.3 Å². The highest BCUT2D eigenvalue weighted by atomic mass is 16.5. The molecule has 2 aromatic heterocycles. The van der Waals surface area contributed by atoms with Crippen LogP contribution in [0.2, 0.25) is 0 Å². The number of hydrogen-bond acceptors (Lipinski definition) is 5. The van der Waals surface area contributed by atoms with Gasteiger partial charge in [0.1, 0.15) is 5.69 Å². The number of piperidine rings is 1. The first-order valence-corrected chi connectivity index (χ1v) is 10.2. The Hall–Kier alpha value is -2.41. The molecule has 1 saturated heterocycles. The van der Waals surface area contributed by atoms with Gasteiger partial charge in [-0.1, -0.05) is 13.8 Å². The van der Waals surface area contributed by atoms with E-state index in [0.29, 0.717) is 30.1 Å². The average molecular weight is 386 g/mol. The number of pyridine rings is 1. The Kier molecular flexibility index (Phi) is 7.03. The van der Waals surface area contributed by atoms with Crippen molar-refractivity contribution in [2.45, 2.75) is 58.7 Å². The monoisotopic (exact) mass is 385 g/mol. The number of amides is 1. The van der Waals surface area contributed by atoms with E-state index < -0.39 is 0 Å². The molecule has 1 aliphatic rings. The second-order valence-electron chi connectivity index (χ2n) is 7.92. The van der Waals surface area contributed by atoms with Crippen LogP contribution in [0, 0.1) is 5.92 Å². The number of nitrogens with zero attached hydrogens (tertiary/aromatic N) is 3. The van der Waals surface area contributed by atoms with Gasteiger partial charge in [0.2, 0.25) is 5.88 Å². The summed E-state index contributed by atoms with van der Waals surface area (Å²) < 4.78 is 7.78. The van der Waals surface area contributed by atoms with Crippen LogP contribution in [0.25, 0.3) is 0 Å². The standard InChI is InChI=1S/C21H31N5O2/c1-15(2)11-16(3)28-20-12-17(6-9-23-20)13-24-21(27)19-7-10-26(25-19)18-5-4-8-22-14-18/h6-7,9-10,12,15-16,18,22H,4-5,8,11,13-14H2,1-3H3,(H,24,27). The number of rotatable bonds is 8. The van der Waals surface area contributed by atoms with Crippen molar-refractivity contribution in [2.24, 2.45) is 5.92 Å². The molecular weight excluding hydrogens is 354 g/mol. The Morgan fingerprint density at radius 2 is 2.25 bits per heavy atom. The van der Waals surface area contributed by atoms with Crippen LogP contribution in [0.3, 0.4) is 0 Å². The Balaban J connectivity index is 1.53. The summed E-state index contributed by atoms with van der Waals surface area (Å²) in [6, 6.07) is 5.86. The van der Waals surface area contributed by atoms with Gasteiger partial charge in [-0.3, -0.25) is 9.48 Å². The smallest absolute Gasteiger partial charge is 0.272 e. The lowest BCUT2D eigenvalue weighted by Crippen LogP contribution is -2.32. The Labute approximate surface area is 166 Å². The summed E-state index contributed by atoms with van der Waals surface area (Å²) in [5.41, 5.74) is 1.40. The van der Waals surface area contributed by atoms with Crippen LogP contribution in [0.5, 0.6) is 5.88 Å². The topological polar surface area (TPSA) is 81.1 Å². The van der Waals surface area contributed by atoms with Crippen LogP contribution in [0.1, 0.15) is 62.1 Å². The molecule has 0 spiro atoms. The van der Waals surface area contributed by atoms with Crippen molar-refractivity contribution in [1.29, 1.82) is 0 Å². The van der Waals surface area contributed by atoms with E-state index in [2.05, 4.69) is 34.6 Å². The van der Waals surface area contributed by atoms with Crippen molar-refractivity contribution in [3.05, 3.63) is 41.9 Å². The van der Waals surface area contributed by atoms with E-state index in [4.69, 9.17) is 4.74 Å². The molecule has 2 aromatic rings. The summed E-state index contributed by atoms with van der Waals surface area (Å²) in [6.07, 6.45) is 6.90. The third-order valence-electron chi connectivity index (χ3n) is 4.86. The third kappa shape index (κ3) is 5.79. The molecule has 0 bridgehead atoms. The number of nitrogens with one attached hydrogen (secondary N) is 2. The van der Waals surface area contributed by atoms with Crippen molar-refractivity contribution in [2.75, 3.05) is 13.1 Å². The van der Waals surface area contributed by atoms with Crippen LogP contribution in [0.15, 0.2) is 30.6 Å². The van der Waals surface area contributed by atoms with Gasteiger partial charge >= 0.3 is 0 Å². The second-order valence-corrected chi connectivity index (χ2v) is 7.92. The van der Waals surface area contributed by atoms with Crippen LogP contribution < -0.4 is 15.4 Å². The van der Waals surface area contributed by atoms with Gasteiger partial charge in [0.05, 0.1) is 12.1 Å². The molecule has 3 heterocycles. The lowest BCUT2D eigenvalue weighted by molar-refractivity contribution is 0.0944. The normalized spacial score (nSPS) is 18.1. The van der Waals surface area contributed by atoms with E-state index in [9.17, 15) is 4.79 Å². The van der Waals surface area contributed by atoms with Gasteiger partial charge < -0.3 is 15.4 Å². The van der Waals surface area contributed by atoms with Gasteiger partial charge in [-0.15, -0.1) is 0 Å². The quantitative estimate of drug-likeness (QED) is 0.730.